The lowest BCUT2D eigenvalue weighted by molar-refractivity contribution is 0.0435. The number of aryl methyl sites for hydroxylation is 1. The molecule has 3 aliphatic heterocycles. The number of nitriles is 1. The fourth-order valence-corrected chi connectivity index (χ4v) is 8.40. The number of likely N-dealkylation sites (tertiary alicyclic amines) is 1. The molecule has 2 saturated heterocycles. The second-order valence-corrected chi connectivity index (χ2v) is 16.4. The fourth-order valence-electron chi connectivity index (χ4n) is 6.58. The highest BCUT2D eigenvalue weighted by molar-refractivity contribution is 7.98. The van der Waals surface area contributed by atoms with E-state index < -0.39 is 7.14 Å². The molecular formula is C33H42N7O4PS. The van der Waals surface area contributed by atoms with E-state index in [1.165, 1.54) is 17.4 Å². The first-order valence-corrected chi connectivity index (χ1v) is 19.5. The molecule has 11 nitrogen and oxygen atoms in total. The summed E-state index contributed by atoms with van der Waals surface area (Å²) in [5.41, 5.74) is 3.75. The first-order valence-electron chi connectivity index (χ1n) is 15.7. The third-order valence-corrected chi connectivity index (χ3v) is 11.2. The summed E-state index contributed by atoms with van der Waals surface area (Å²) < 4.78 is 31.0. The minimum absolute atomic E-state index is 0.405. The first kappa shape index (κ1) is 32.3. The maximum Gasteiger partial charge on any atom is 0.229 e. The number of fused-ring (bicyclic) bond motifs is 1. The molecule has 2 fully saturated rings. The Balaban J connectivity index is 1.20. The molecule has 4 heterocycles. The number of thioether (sulfide) groups is 1. The number of anilines is 5. The summed E-state index contributed by atoms with van der Waals surface area (Å²) in [7, 11) is -1.08. The van der Waals surface area contributed by atoms with E-state index in [0.717, 1.165) is 55.2 Å². The summed E-state index contributed by atoms with van der Waals surface area (Å²) in [6, 6.07) is 10.8. The van der Waals surface area contributed by atoms with Gasteiger partial charge in [0.25, 0.3) is 0 Å². The number of nitrogens with zero attached hydrogens (tertiary/aromatic N) is 5. The third-order valence-electron chi connectivity index (χ3n) is 8.90. The van der Waals surface area contributed by atoms with Gasteiger partial charge in [0.1, 0.15) is 31.9 Å². The van der Waals surface area contributed by atoms with Gasteiger partial charge in [-0.25, -0.2) is 4.98 Å². The van der Waals surface area contributed by atoms with Gasteiger partial charge in [-0.05, 0) is 69.0 Å². The second kappa shape index (κ2) is 13.6. The van der Waals surface area contributed by atoms with E-state index >= 15 is 0 Å². The van der Waals surface area contributed by atoms with Crippen LogP contribution < -0.4 is 35.0 Å². The maximum absolute atomic E-state index is 13.4. The molecule has 6 rings (SSSR count). The Morgan fingerprint density at radius 2 is 1.89 bits per heavy atom. The van der Waals surface area contributed by atoms with Crippen molar-refractivity contribution in [1.82, 2.24) is 14.9 Å². The number of piperidine rings is 1. The zero-order chi connectivity index (χ0) is 32.4. The van der Waals surface area contributed by atoms with Crippen LogP contribution in [-0.4, -0.2) is 87.0 Å². The molecule has 46 heavy (non-hydrogen) atoms. The molecule has 13 heteroatoms. The Morgan fingerprint density at radius 1 is 1.13 bits per heavy atom. The Labute approximate surface area is 275 Å². The largest absolute Gasteiger partial charge is 0.494 e. The number of ether oxygens (including phenoxy) is 3. The summed E-state index contributed by atoms with van der Waals surface area (Å²) in [5.74, 6) is 3.38. The standard InChI is InChI=1S/C33H42N7O4PS/c1-21-16-25(28(42-2)17-26(21)39-12-9-23(10-13-39)40-19-22(20-40)8-11-34)37-33-35-18-29(46-5)32(38-33)36-24-6-7-27-30(44-15-14-43-27)31(24)45(3,4)41/h6-7,16-18,22-23H,8-10,12-15,19-20H2,1-5H3,(H2,35,36,37,38). The smallest absolute Gasteiger partial charge is 0.229 e. The van der Waals surface area contributed by atoms with Crippen molar-refractivity contribution in [1.29, 1.82) is 5.26 Å². The van der Waals surface area contributed by atoms with Crippen LogP contribution in [0.25, 0.3) is 0 Å². The minimum Gasteiger partial charge on any atom is -0.494 e. The van der Waals surface area contributed by atoms with Crippen LogP contribution in [0.4, 0.5) is 28.8 Å². The lowest BCUT2D eigenvalue weighted by Gasteiger charge is -2.47. The van der Waals surface area contributed by atoms with Gasteiger partial charge >= 0.3 is 0 Å². The first-order chi connectivity index (χ1) is 22.2. The van der Waals surface area contributed by atoms with Gasteiger partial charge in [-0.3, -0.25) is 4.90 Å². The molecule has 0 radical (unpaired) electrons. The summed E-state index contributed by atoms with van der Waals surface area (Å²) in [6.45, 7) is 10.5. The van der Waals surface area contributed by atoms with Gasteiger partial charge in [0, 0.05) is 56.6 Å². The number of hydrogen-bond acceptors (Lipinski definition) is 12. The van der Waals surface area contributed by atoms with E-state index in [0.29, 0.717) is 71.6 Å². The predicted octanol–water partition coefficient (Wildman–Crippen LogP) is 5.84. The molecule has 1 aromatic heterocycles. The van der Waals surface area contributed by atoms with Crippen LogP contribution in [0, 0.1) is 24.2 Å². The molecule has 0 aliphatic carbocycles. The van der Waals surface area contributed by atoms with Gasteiger partial charge in [0.15, 0.2) is 11.5 Å². The van der Waals surface area contributed by atoms with Gasteiger partial charge in [0.2, 0.25) is 5.95 Å². The molecule has 2 aromatic carbocycles. The van der Waals surface area contributed by atoms with Crippen molar-refractivity contribution in [3.05, 3.63) is 36.0 Å². The van der Waals surface area contributed by atoms with E-state index in [4.69, 9.17) is 24.5 Å². The Hall–Kier alpha value is -3.65. The maximum atomic E-state index is 13.4. The fraction of sp³-hybridized carbons (Fsp3) is 0.485. The lowest BCUT2D eigenvalue weighted by atomic mass is 9.91. The monoisotopic (exact) mass is 663 g/mol. The number of benzene rings is 2. The molecule has 0 saturated carbocycles. The van der Waals surface area contributed by atoms with Crippen LogP contribution in [0.3, 0.4) is 0 Å². The molecule has 0 atom stereocenters. The van der Waals surface area contributed by atoms with Crippen molar-refractivity contribution in [2.24, 2.45) is 5.92 Å². The predicted molar refractivity (Wildman–Crippen MR) is 185 cm³/mol. The van der Waals surface area contributed by atoms with Crippen LogP contribution in [0.1, 0.15) is 24.8 Å². The average molecular weight is 664 g/mol. The van der Waals surface area contributed by atoms with Crippen molar-refractivity contribution in [2.45, 2.75) is 37.1 Å². The quantitative estimate of drug-likeness (QED) is 0.200. The van der Waals surface area contributed by atoms with Crippen LogP contribution >= 0.6 is 18.9 Å². The van der Waals surface area contributed by atoms with Crippen LogP contribution in [0.2, 0.25) is 0 Å². The number of aromatic nitrogens is 2. The van der Waals surface area contributed by atoms with E-state index in [9.17, 15) is 4.57 Å². The minimum atomic E-state index is -2.76. The molecule has 244 valence electrons. The number of nitrogens with one attached hydrogen (secondary N) is 2. The Kier molecular flexibility index (Phi) is 9.55. The Morgan fingerprint density at radius 3 is 2.59 bits per heavy atom. The topological polar surface area (TPSA) is 125 Å². The highest BCUT2D eigenvalue weighted by Crippen LogP contribution is 2.47. The van der Waals surface area contributed by atoms with E-state index in [1.807, 2.05) is 18.4 Å². The van der Waals surface area contributed by atoms with E-state index in [-0.39, 0.29) is 0 Å². The van der Waals surface area contributed by atoms with Gasteiger partial charge in [-0.15, -0.1) is 11.8 Å². The SMILES string of the molecule is COc1cc(N2CCC(N3CC(CC#N)C3)CC2)c(C)cc1Nc1ncc(SC)c(Nc2ccc3c(c2P(C)(C)=O)OCCO3)n1. The highest BCUT2D eigenvalue weighted by Gasteiger charge is 2.34. The highest BCUT2D eigenvalue weighted by atomic mass is 32.2. The zero-order valence-electron chi connectivity index (χ0n) is 27.1. The number of hydrogen-bond donors (Lipinski definition) is 2. The molecular weight excluding hydrogens is 621 g/mol. The average Bonchev–Trinajstić information content (AvgIpc) is 3.02. The summed E-state index contributed by atoms with van der Waals surface area (Å²) in [4.78, 5) is 15.3. The molecule has 2 N–H and O–H groups in total. The summed E-state index contributed by atoms with van der Waals surface area (Å²) >= 11 is 1.52. The van der Waals surface area contributed by atoms with Crippen molar-refractivity contribution < 1.29 is 18.8 Å². The van der Waals surface area contributed by atoms with Gasteiger partial charge in [0.05, 0.1) is 34.8 Å². The summed E-state index contributed by atoms with van der Waals surface area (Å²) in [5, 5.41) is 16.4. The molecule has 0 amide bonds. The van der Waals surface area contributed by atoms with Crippen LogP contribution in [0.5, 0.6) is 17.2 Å². The third kappa shape index (κ3) is 6.73. The Bertz CT molecular complexity index is 1680. The molecule has 3 aromatic rings. The zero-order valence-corrected chi connectivity index (χ0v) is 28.8. The van der Waals surface area contributed by atoms with Crippen LogP contribution in [0.15, 0.2) is 35.4 Å². The van der Waals surface area contributed by atoms with Crippen molar-refractivity contribution >= 4 is 53.0 Å². The van der Waals surface area contributed by atoms with Gasteiger partial charge in [-0.1, -0.05) is 0 Å². The molecule has 3 aliphatic rings. The lowest BCUT2D eigenvalue weighted by Crippen LogP contribution is -2.55. The second-order valence-electron chi connectivity index (χ2n) is 12.4. The normalized spacial score (nSPS) is 17.3. The van der Waals surface area contributed by atoms with Gasteiger partial charge < -0.3 is 34.3 Å². The van der Waals surface area contributed by atoms with Gasteiger partial charge in [-0.2, -0.15) is 10.2 Å². The van der Waals surface area contributed by atoms with Crippen LogP contribution in [-0.2, 0) is 4.57 Å². The van der Waals surface area contributed by atoms with Crippen molar-refractivity contribution in [2.75, 3.05) is 81.6 Å². The van der Waals surface area contributed by atoms with Crippen molar-refractivity contribution in [3.8, 4) is 23.3 Å². The van der Waals surface area contributed by atoms with E-state index in [2.05, 4.69) is 50.5 Å². The number of rotatable bonds is 10. The van der Waals surface area contributed by atoms with E-state index in [1.54, 1.807) is 26.6 Å². The summed E-state index contributed by atoms with van der Waals surface area (Å²) in [6.07, 6.45) is 6.64. The van der Waals surface area contributed by atoms with Crippen molar-refractivity contribution in [3.63, 3.8) is 0 Å². The molecule has 0 spiro atoms. The molecule has 0 unspecified atom stereocenters. The number of methoxy groups -OCH3 is 1. The molecule has 0 bridgehead atoms.